The van der Waals surface area contributed by atoms with Crippen LogP contribution in [0.1, 0.15) is 13.8 Å². The van der Waals surface area contributed by atoms with E-state index in [9.17, 15) is 0 Å². The average molecular weight is 156 g/mol. The second kappa shape index (κ2) is 3.37. The minimum atomic E-state index is -0.611. The predicted molar refractivity (Wildman–Crippen MR) is 32.0 cm³/mol. The van der Waals surface area contributed by atoms with Crippen molar-refractivity contribution < 1.29 is 22.3 Å². The molecule has 0 aliphatic carbocycles. The molecule has 1 fully saturated rings. The molecular weight excluding hydrogens is 142 g/mol. The molecule has 9 heavy (non-hydrogen) atoms. The van der Waals surface area contributed by atoms with Crippen LogP contribution in [0.3, 0.4) is 0 Å². The van der Waals surface area contributed by atoms with Crippen molar-refractivity contribution in [2.75, 3.05) is 6.61 Å². The van der Waals surface area contributed by atoms with Crippen LogP contribution in [0.5, 0.6) is 0 Å². The van der Waals surface area contributed by atoms with Crippen molar-refractivity contribution in [1.29, 1.82) is 0 Å². The first-order valence-corrected chi connectivity index (χ1v) is 2.44. The van der Waals surface area contributed by atoms with E-state index in [-0.39, 0.29) is 24.7 Å². The molecule has 4 heteroatoms. The topological polar surface area (TPSA) is 69.3 Å². The van der Waals surface area contributed by atoms with Crippen LogP contribution in [0.25, 0.3) is 0 Å². The zero-order valence-corrected chi connectivity index (χ0v) is 6.77. The van der Waals surface area contributed by atoms with Gasteiger partial charge in [0.2, 0.25) is 0 Å². The first-order valence-electron chi connectivity index (χ1n) is 2.44. The van der Waals surface area contributed by atoms with Gasteiger partial charge in [-0.1, -0.05) is 0 Å². The number of halogens is 1. The van der Waals surface area contributed by atoms with Crippen molar-refractivity contribution >= 4 is 0 Å². The Labute approximate surface area is 61.4 Å². The molecular formula is C5H14ClNO2. The Morgan fingerprint density at radius 1 is 1.56 bits per heavy atom. The second-order valence-electron chi connectivity index (χ2n) is 2.48. The minimum absolute atomic E-state index is 0. The van der Waals surface area contributed by atoms with Crippen LogP contribution in [0.4, 0.5) is 0 Å². The number of rotatable bonds is 1. The maximum absolute atomic E-state index is 9.03. The Balaban J connectivity index is 0. The van der Waals surface area contributed by atoms with E-state index in [2.05, 4.69) is 0 Å². The molecule has 0 bridgehead atoms. The lowest BCUT2D eigenvalue weighted by molar-refractivity contribution is -0.00000998. The lowest BCUT2D eigenvalue weighted by atomic mass is 10.1. The first-order chi connectivity index (χ1) is 3.11. The number of aliphatic hydroxyl groups is 1. The summed E-state index contributed by atoms with van der Waals surface area (Å²) in [4.78, 5) is 0. The fourth-order valence-corrected chi connectivity index (χ4v) is 0.456. The lowest BCUT2D eigenvalue weighted by Gasteiger charge is -2.11. The summed E-state index contributed by atoms with van der Waals surface area (Å²) < 4.78 is 4.82. The van der Waals surface area contributed by atoms with Gasteiger partial charge in [-0.3, -0.25) is 0 Å². The summed E-state index contributed by atoms with van der Waals surface area (Å²) in [5.41, 5.74) is -0.611. The van der Waals surface area contributed by atoms with E-state index in [1.165, 1.54) is 0 Å². The molecule has 0 saturated carbocycles. The van der Waals surface area contributed by atoms with Crippen molar-refractivity contribution in [3.8, 4) is 0 Å². The molecule has 0 spiro atoms. The van der Waals surface area contributed by atoms with Gasteiger partial charge < -0.3 is 28.4 Å². The quantitative estimate of drug-likeness (QED) is 0.413. The van der Waals surface area contributed by atoms with Crippen LogP contribution < -0.4 is 18.6 Å². The van der Waals surface area contributed by atoms with Gasteiger partial charge in [0, 0.05) is 0 Å². The Kier molecular flexibility index (Phi) is 4.45. The zero-order valence-electron chi connectivity index (χ0n) is 6.02. The van der Waals surface area contributed by atoms with Crippen LogP contribution in [0.2, 0.25) is 0 Å². The van der Waals surface area contributed by atoms with Gasteiger partial charge >= 0.3 is 0 Å². The van der Waals surface area contributed by atoms with Gasteiger partial charge in [0.15, 0.2) is 0 Å². The average Bonchev–Trinajstić information content (AvgIpc) is 1.99. The summed E-state index contributed by atoms with van der Waals surface area (Å²) in [6.45, 7) is 4.23. The van der Waals surface area contributed by atoms with Gasteiger partial charge in [0.25, 0.3) is 0 Å². The van der Waals surface area contributed by atoms with E-state index >= 15 is 0 Å². The molecule has 1 atom stereocenters. The number of quaternary nitrogens is 1. The highest BCUT2D eigenvalue weighted by atomic mass is 35.5. The smallest absolute Gasteiger partial charge is 0.109 e. The molecule has 0 aromatic carbocycles. The Morgan fingerprint density at radius 2 is 1.89 bits per heavy atom. The molecule has 1 aliphatic heterocycles. The van der Waals surface area contributed by atoms with Crippen molar-refractivity contribution in [3.05, 3.63) is 0 Å². The maximum Gasteiger partial charge on any atom is 0.109 e. The predicted octanol–water partition coefficient (Wildman–Crippen LogP) is -2.46. The number of ether oxygens (including phenoxy) is 1. The standard InChI is InChI=1S/C5H10O2.ClH.H3N/c1-5(2,6)4-3-7-4;;/h4,6H,3H2,1-2H3;1H;1H3. The molecule has 5 N–H and O–H groups in total. The number of hydrogen-bond donors (Lipinski definition) is 2. The fraction of sp³-hybridized carbons (Fsp3) is 1.00. The number of epoxide rings is 1. The van der Waals surface area contributed by atoms with Crippen molar-refractivity contribution in [2.24, 2.45) is 0 Å². The van der Waals surface area contributed by atoms with Crippen molar-refractivity contribution in [3.63, 3.8) is 0 Å². The molecule has 1 unspecified atom stereocenters. The van der Waals surface area contributed by atoms with E-state index in [1.54, 1.807) is 13.8 Å². The van der Waals surface area contributed by atoms with Crippen LogP contribution in [0.15, 0.2) is 0 Å². The van der Waals surface area contributed by atoms with Crippen LogP contribution >= 0.6 is 0 Å². The SMILES string of the molecule is CC(C)(O)C1CO1.[Cl-].[NH4+]. The van der Waals surface area contributed by atoms with Gasteiger partial charge in [-0.05, 0) is 13.8 Å². The van der Waals surface area contributed by atoms with Crippen molar-refractivity contribution in [2.45, 2.75) is 25.6 Å². The van der Waals surface area contributed by atoms with Crippen LogP contribution in [-0.4, -0.2) is 23.4 Å². The first kappa shape index (κ1) is 11.9. The summed E-state index contributed by atoms with van der Waals surface area (Å²) in [6, 6.07) is 0. The third kappa shape index (κ3) is 3.70. The molecule has 0 radical (unpaired) electrons. The molecule has 1 saturated heterocycles. The van der Waals surface area contributed by atoms with E-state index in [0.717, 1.165) is 6.61 Å². The van der Waals surface area contributed by atoms with E-state index in [1.807, 2.05) is 0 Å². The lowest BCUT2D eigenvalue weighted by Crippen LogP contribution is -3.00. The largest absolute Gasteiger partial charge is 1.00 e. The van der Waals surface area contributed by atoms with Crippen LogP contribution in [0, 0.1) is 0 Å². The highest BCUT2D eigenvalue weighted by molar-refractivity contribution is 4.85. The third-order valence-corrected chi connectivity index (χ3v) is 1.12. The molecule has 1 heterocycles. The van der Waals surface area contributed by atoms with Gasteiger partial charge in [0.1, 0.15) is 6.10 Å². The highest BCUT2D eigenvalue weighted by Gasteiger charge is 2.37. The summed E-state index contributed by atoms with van der Waals surface area (Å²) in [5.74, 6) is 0. The Morgan fingerprint density at radius 3 is 1.89 bits per heavy atom. The van der Waals surface area contributed by atoms with Gasteiger partial charge in [-0.15, -0.1) is 0 Å². The monoisotopic (exact) mass is 155 g/mol. The maximum atomic E-state index is 9.03. The van der Waals surface area contributed by atoms with Gasteiger partial charge in [-0.2, -0.15) is 0 Å². The third-order valence-electron chi connectivity index (χ3n) is 1.12. The van der Waals surface area contributed by atoms with E-state index < -0.39 is 5.60 Å². The van der Waals surface area contributed by atoms with Crippen LogP contribution in [-0.2, 0) is 4.74 Å². The zero-order chi connectivity index (χ0) is 5.49. The summed E-state index contributed by atoms with van der Waals surface area (Å²) in [5, 5.41) is 9.03. The Bertz CT molecular complexity index is 77.5. The molecule has 1 aliphatic rings. The Hall–Kier alpha value is 0.170. The van der Waals surface area contributed by atoms with Crippen molar-refractivity contribution in [1.82, 2.24) is 6.15 Å². The second-order valence-corrected chi connectivity index (χ2v) is 2.48. The molecule has 1 rings (SSSR count). The minimum Gasteiger partial charge on any atom is -1.00 e. The fourth-order valence-electron chi connectivity index (χ4n) is 0.456. The molecule has 58 valence electrons. The molecule has 0 aromatic heterocycles. The molecule has 0 amide bonds. The van der Waals surface area contributed by atoms with Gasteiger partial charge in [-0.25, -0.2) is 0 Å². The normalized spacial score (nSPS) is 23.7. The van der Waals surface area contributed by atoms with E-state index in [4.69, 9.17) is 9.84 Å². The molecule has 3 nitrogen and oxygen atoms in total. The summed E-state index contributed by atoms with van der Waals surface area (Å²) in [6.07, 6.45) is 0.104. The highest BCUT2D eigenvalue weighted by Crippen LogP contribution is 2.22. The van der Waals surface area contributed by atoms with Gasteiger partial charge in [0.05, 0.1) is 12.2 Å². The molecule has 0 aromatic rings. The van der Waals surface area contributed by atoms with E-state index in [0.29, 0.717) is 0 Å². The summed E-state index contributed by atoms with van der Waals surface area (Å²) in [7, 11) is 0. The number of hydrogen-bond acceptors (Lipinski definition) is 2. The summed E-state index contributed by atoms with van der Waals surface area (Å²) >= 11 is 0.